The number of hydrogen-bond donors (Lipinski definition) is 1. The standard InChI is InChI=1S/C10H23FN2/c1-10(2,3)13(5)8-9(11)6-7-12-4/h9,12H,6-8H2,1-5H3/t9-/m1/s1. The summed E-state index contributed by atoms with van der Waals surface area (Å²) in [6.07, 6.45) is -0.131. The molecule has 1 N–H and O–H groups in total. The van der Waals surface area contributed by atoms with Crippen molar-refractivity contribution in [1.29, 1.82) is 0 Å². The molecule has 0 saturated carbocycles. The second-order valence-electron chi connectivity index (χ2n) is 4.54. The largest absolute Gasteiger partial charge is 0.320 e. The van der Waals surface area contributed by atoms with Gasteiger partial charge < -0.3 is 5.32 Å². The molecule has 0 fully saturated rings. The summed E-state index contributed by atoms with van der Waals surface area (Å²) < 4.78 is 13.3. The van der Waals surface area contributed by atoms with E-state index >= 15 is 0 Å². The van der Waals surface area contributed by atoms with Crippen LogP contribution >= 0.6 is 0 Å². The average Bonchev–Trinajstić information content (AvgIpc) is 1.99. The Bertz CT molecular complexity index is 131. The molecule has 0 aromatic heterocycles. The topological polar surface area (TPSA) is 15.3 Å². The third-order valence-corrected chi connectivity index (χ3v) is 2.32. The highest BCUT2D eigenvalue weighted by atomic mass is 19.1. The van der Waals surface area contributed by atoms with Gasteiger partial charge in [0.1, 0.15) is 6.17 Å². The monoisotopic (exact) mass is 190 g/mol. The van der Waals surface area contributed by atoms with Crippen molar-refractivity contribution < 1.29 is 4.39 Å². The van der Waals surface area contributed by atoms with Crippen molar-refractivity contribution in [2.45, 2.75) is 38.9 Å². The lowest BCUT2D eigenvalue weighted by Crippen LogP contribution is -2.42. The highest BCUT2D eigenvalue weighted by Crippen LogP contribution is 2.12. The molecule has 13 heavy (non-hydrogen) atoms. The summed E-state index contributed by atoms with van der Waals surface area (Å²) in [5.74, 6) is 0. The minimum atomic E-state index is -0.725. The minimum Gasteiger partial charge on any atom is -0.320 e. The molecule has 0 spiro atoms. The predicted octanol–water partition coefficient (Wildman–Crippen LogP) is 1.66. The summed E-state index contributed by atoms with van der Waals surface area (Å²) in [6.45, 7) is 7.55. The van der Waals surface area contributed by atoms with Gasteiger partial charge in [0.2, 0.25) is 0 Å². The van der Waals surface area contributed by atoms with E-state index in [9.17, 15) is 4.39 Å². The number of hydrogen-bond acceptors (Lipinski definition) is 2. The van der Waals surface area contributed by atoms with Crippen molar-refractivity contribution in [3.8, 4) is 0 Å². The van der Waals surface area contributed by atoms with Crippen LogP contribution in [-0.2, 0) is 0 Å². The van der Waals surface area contributed by atoms with Crippen LogP contribution in [0.2, 0.25) is 0 Å². The van der Waals surface area contributed by atoms with Gasteiger partial charge in [-0.2, -0.15) is 0 Å². The molecule has 0 amide bonds. The fourth-order valence-corrected chi connectivity index (χ4v) is 0.963. The molecule has 3 heteroatoms. The molecule has 0 unspecified atom stereocenters. The lowest BCUT2D eigenvalue weighted by atomic mass is 10.1. The molecule has 0 heterocycles. The number of alkyl halides is 1. The molecule has 0 aromatic rings. The second kappa shape index (κ2) is 5.55. The first kappa shape index (κ1) is 12.8. The van der Waals surface area contributed by atoms with Crippen LogP contribution in [0.25, 0.3) is 0 Å². The highest BCUT2D eigenvalue weighted by Gasteiger charge is 2.20. The normalized spacial score (nSPS) is 15.0. The van der Waals surface area contributed by atoms with Crippen molar-refractivity contribution in [2.75, 3.05) is 27.2 Å². The van der Waals surface area contributed by atoms with Gasteiger partial charge in [-0.05, 0) is 47.8 Å². The molecule has 0 bridgehead atoms. The van der Waals surface area contributed by atoms with Gasteiger partial charge in [0.25, 0.3) is 0 Å². The van der Waals surface area contributed by atoms with E-state index in [0.717, 1.165) is 6.54 Å². The number of nitrogens with zero attached hydrogens (tertiary/aromatic N) is 1. The summed E-state index contributed by atoms with van der Waals surface area (Å²) >= 11 is 0. The van der Waals surface area contributed by atoms with Gasteiger partial charge in [-0.25, -0.2) is 4.39 Å². The van der Waals surface area contributed by atoms with E-state index in [2.05, 4.69) is 26.1 Å². The van der Waals surface area contributed by atoms with Crippen LogP contribution in [0.15, 0.2) is 0 Å². The van der Waals surface area contributed by atoms with Crippen LogP contribution in [0.3, 0.4) is 0 Å². The van der Waals surface area contributed by atoms with Crippen LogP contribution in [0.4, 0.5) is 4.39 Å². The molecule has 0 aliphatic heterocycles. The van der Waals surface area contributed by atoms with Crippen molar-refractivity contribution in [2.24, 2.45) is 0 Å². The van der Waals surface area contributed by atoms with Gasteiger partial charge in [-0.15, -0.1) is 0 Å². The number of halogens is 1. The van der Waals surface area contributed by atoms with Gasteiger partial charge in [0.05, 0.1) is 0 Å². The van der Waals surface area contributed by atoms with E-state index in [4.69, 9.17) is 0 Å². The second-order valence-corrected chi connectivity index (χ2v) is 4.54. The lowest BCUT2D eigenvalue weighted by Gasteiger charge is -2.32. The quantitative estimate of drug-likeness (QED) is 0.709. The lowest BCUT2D eigenvalue weighted by molar-refractivity contribution is 0.125. The SMILES string of the molecule is CNCC[C@@H](F)CN(C)C(C)(C)C. The predicted molar refractivity (Wildman–Crippen MR) is 55.8 cm³/mol. The molecule has 1 atom stereocenters. The third-order valence-electron chi connectivity index (χ3n) is 2.32. The van der Waals surface area contributed by atoms with E-state index in [1.54, 1.807) is 0 Å². The van der Waals surface area contributed by atoms with E-state index in [0.29, 0.717) is 13.0 Å². The minimum absolute atomic E-state index is 0.0595. The summed E-state index contributed by atoms with van der Waals surface area (Å²) in [5.41, 5.74) is 0.0595. The molecule has 0 aliphatic carbocycles. The van der Waals surface area contributed by atoms with E-state index < -0.39 is 6.17 Å². The van der Waals surface area contributed by atoms with Crippen LogP contribution in [0, 0.1) is 0 Å². The van der Waals surface area contributed by atoms with Crippen molar-refractivity contribution in [3.63, 3.8) is 0 Å². The third kappa shape index (κ3) is 5.99. The van der Waals surface area contributed by atoms with E-state index in [1.807, 2.05) is 19.0 Å². The Balaban J connectivity index is 3.71. The van der Waals surface area contributed by atoms with Gasteiger partial charge in [0.15, 0.2) is 0 Å². The Morgan fingerprint density at radius 3 is 2.31 bits per heavy atom. The first-order chi connectivity index (χ1) is 5.88. The fraction of sp³-hybridized carbons (Fsp3) is 1.00. The maximum absolute atomic E-state index is 13.3. The first-order valence-electron chi connectivity index (χ1n) is 4.88. The first-order valence-corrected chi connectivity index (χ1v) is 4.88. The number of nitrogens with one attached hydrogen (secondary N) is 1. The van der Waals surface area contributed by atoms with Crippen LogP contribution < -0.4 is 5.32 Å². The average molecular weight is 190 g/mol. The smallest absolute Gasteiger partial charge is 0.114 e. The Morgan fingerprint density at radius 2 is 1.92 bits per heavy atom. The maximum atomic E-state index is 13.3. The van der Waals surface area contributed by atoms with Crippen LogP contribution in [-0.4, -0.2) is 43.8 Å². The maximum Gasteiger partial charge on any atom is 0.114 e. The highest BCUT2D eigenvalue weighted by molar-refractivity contribution is 4.75. The Labute approximate surface area is 81.5 Å². The molecule has 0 rings (SSSR count). The molecule has 0 radical (unpaired) electrons. The molecular formula is C10H23FN2. The van der Waals surface area contributed by atoms with Crippen LogP contribution in [0.5, 0.6) is 0 Å². The molecule has 0 saturated heterocycles. The number of rotatable bonds is 5. The van der Waals surface area contributed by atoms with Crippen molar-refractivity contribution >= 4 is 0 Å². The molecule has 80 valence electrons. The van der Waals surface area contributed by atoms with E-state index in [1.165, 1.54) is 0 Å². The Kier molecular flexibility index (Phi) is 5.49. The van der Waals surface area contributed by atoms with Crippen molar-refractivity contribution in [3.05, 3.63) is 0 Å². The van der Waals surface area contributed by atoms with E-state index in [-0.39, 0.29) is 5.54 Å². The van der Waals surface area contributed by atoms with Gasteiger partial charge in [0, 0.05) is 12.1 Å². The van der Waals surface area contributed by atoms with Crippen LogP contribution in [0.1, 0.15) is 27.2 Å². The van der Waals surface area contributed by atoms with Gasteiger partial charge >= 0.3 is 0 Å². The summed E-state index contributed by atoms with van der Waals surface area (Å²) in [6, 6.07) is 0. The summed E-state index contributed by atoms with van der Waals surface area (Å²) in [5, 5.41) is 2.95. The summed E-state index contributed by atoms with van der Waals surface area (Å²) in [7, 11) is 3.81. The van der Waals surface area contributed by atoms with Gasteiger partial charge in [-0.3, -0.25) is 4.90 Å². The van der Waals surface area contributed by atoms with Gasteiger partial charge in [-0.1, -0.05) is 0 Å². The molecule has 0 aromatic carbocycles. The Hall–Kier alpha value is -0.150. The zero-order valence-electron chi connectivity index (χ0n) is 9.52. The molecule has 2 nitrogen and oxygen atoms in total. The fourth-order valence-electron chi connectivity index (χ4n) is 0.963. The molecule has 0 aliphatic rings. The zero-order chi connectivity index (χ0) is 10.5. The Morgan fingerprint density at radius 1 is 1.38 bits per heavy atom. The van der Waals surface area contributed by atoms with Crippen molar-refractivity contribution in [1.82, 2.24) is 10.2 Å². The summed E-state index contributed by atoms with van der Waals surface area (Å²) in [4.78, 5) is 2.05. The molecular weight excluding hydrogens is 167 g/mol. The zero-order valence-corrected chi connectivity index (χ0v) is 9.52.